The van der Waals surface area contributed by atoms with Crippen LogP contribution in [0, 0.1) is 0 Å². The third-order valence-corrected chi connectivity index (χ3v) is 4.05. The Hall–Kier alpha value is -2.96. The first kappa shape index (κ1) is 15.9. The lowest BCUT2D eigenvalue weighted by atomic mass is 10.1. The van der Waals surface area contributed by atoms with Gasteiger partial charge in [-0.3, -0.25) is 14.6 Å². The Balaban J connectivity index is 1.85. The maximum atomic E-state index is 12.8. The van der Waals surface area contributed by atoms with Gasteiger partial charge in [0.05, 0.1) is 17.8 Å². The van der Waals surface area contributed by atoms with E-state index in [0.29, 0.717) is 30.2 Å². The summed E-state index contributed by atoms with van der Waals surface area (Å²) in [5.74, 6) is 0.444. The minimum Gasteiger partial charge on any atom is -0.359 e. The van der Waals surface area contributed by atoms with Crippen molar-refractivity contribution in [3.63, 3.8) is 0 Å². The number of hydrogen-bond donors (Lipinski definition) is 1. The molecule has 7 heteroatoms. The highest BCUT2D eigenvalue weighted by Gasteiger charge is 2.24. The molecule has 7 nitrogen and oxygen atoms in total. The van der Waals surface area contributed by atoms with E-state index in [2.05, 4.69) is 15.3 Å². The summed E-state index contributed by atoms with van der Waals surface area (Å²) in [5.41, 5.74) is 2.10. The highest BCUT2D eigenvalue weighted by molar-refractivity contribution is 6.03. The van der Waals surface area contributed by atoms with E-state index in [1.807, 2.05) is 19.1 Å². The Morgan fingerprint density at radius 2 is 2.12 bits per heavy atom. The van der Waals surface area contributed by atoms with Gasteiger partial charge in [-0.25, -0.2) is 4.98 Å². The van der Waals surface area contributed by atoms with Crippen molar-refractivity contribution in [3.05, 3.63) is 47.9 Å². The van der Waals surface area contributed by atoms with E-state index in [-0.39, 0.29) is 18.4 Å². The van der Waals surface area contributed by atoms with Crippen LogP contribution in [0.15, 0.2) is 36.8 Å². The van der Waals surface area contributed by atoms with Crippen LogP contribution in [-0.4, -0.2) is 46.8 Å². The molecule has 1 aliphatic heterocycles. The van der Waals surface area contributed by atoms with Crippen LogP contribution in [0.3, 0.4) is 0 Å². The number of pyridine rings is 2. The first-order valence-corrected chi connectivity index (χ1v) is 7.78. The SMILES string of the molecule is CCN(Cc1ccncc1)C(=O)c1cnc2c(c1)N(C)C(=O)CN2. The van der Waals surface area contributed by atoms with E-state index < -0.39 is 0 Å². The highest BCUT2D eigenvalue weighted by Crippen LogP contribution is 2.27. The van der Waals surface area contributed by atoms with Gasteiger partial charge in [-0.1, -0.05) is 0 Å². The summed E-state index contributed by atoms with van der Waals surface area (Å²) in [6.07, 6.45) is 4.97. The number of rotatable bonds is 4. The number of amides is 2. The number of fused-ring (bicyclic) bond motifs is 1. The number of nitrogens with one attached hydrogen (secondary N) is 1. The van der Waals surface area contributed by atoms with E-state index >= 15 is 0 Å². The first-order chi connectivity index (χ1) is 11.6. The van der Waals surface area contributed by atoms with E-state index in [9.17, 15) is 9.59 Å². The van der Waals surface area contributed by atoms with Crippen LogP contribution < -0.4 is 10.2 Å². The Labute approximate surface area is 140 Å². The Morgan fingerprint density at radius 3 is 2.83 bits per heavy atom. The fourth-order valence-corrected chi connectivity index (χ4v) is 2.59. The van der Waals surface area contributed by atoms with Crippen LogP contribution in [-0.2, 0) is 11.3 Å². The van der Waals surface area contributed by atoms with E-state index in [1.165, 1.54) is 4.90 Å². The van der Waals surface area contributed by atoms with Crippen LogP contribution in [0.5, 0.6) is 0 Å². The molecule has 0 bridgehead atoms. The van der Waals surface area contributed by atoms with Gasteiger partial charge >= 0.3 is 0 Å². The molecule has 3 heterocycles. The number of hydrogen-bond acceptors (Lipinski definition) is 5. The molecule has 24 heavy (non-hydrogen) atoms. The van der Waals surface area contributed by atoms with Crippen molar-refractivity contribution in [1.82, 2.24) is 14.9 Å². The number of carbonyl (C=O) groups excluding carboxylic acids is 2. The smallest absolute Gasteiger partial charge is 0.255 e. The average molecular weight is 325 g/mol. The Kier molecular flexibility index (Phi) is 4.41. The zero-order valence-corrected chi connectivity index (χ0v) is 13.7. The van der Waals surface area contributed by atoms with Crippen molar-refractivity contribution in [1.29, 1.82) is 0 Å². The minimum atomic E-state index is -0.115. The molecule has 0 atom stereocenters. The van der Waals surface area contributed by atoms with Gasteiger partial charge in [0.25, 0.3) is 5.91 Å². The van der Waals surface area contributed by atoms with Crippen molar-refractivity contribution >= 4 is 23.3 Å². The number of nitrogens with zero attached hydrogens (tertiary/aromatic N) is 4. The molecule has 0 spiro atoms. The summed E-state index contributed by atoms with van der Waals surface area (Å²) in [6.45, 7) is 3.22. The second kappa shape index (κ2) is 6.66. The summed E-state index contributed by atoms with van der Waals surface area (Å²) in [6, 6.07) is 5.48. The molecule has 1 N–H and O–H groups in total. The maximum absolute atomic E-state index is 12.8. The molecular formula is C17H19N5O2. The predicted octanol–water partition coefficient (Wildman–Crippen LogP) is 1.53. The Bertz CT molecular complexity index is 763. The third-order valence-electron chi connectivity index (χ3n) is 4.05. The number of anilines is 2. The van der Waals surface area contributed by atoms with E-state index in [0.717, 1.165) is 5.56 Å². The second-order valence-electron chi connectivity index (χ2n) is 5.57. The molecule has 0 fully saturated rings. The molecule has 1 aliphatic rings. The maximum Gasteiger partial charge on any atom is 0.255 e. The van der Waals surface area contributed by atoms with Crippen LogP contribution >= 0.6 is 0 Å². The molecule has 0 radical (unpaired) electrons. The summed E-state index contributed by atoms with van der Waals surface area (Å²) in [4.78, 5) is 36.1. The summed E-state index contributed by atoms with van der Waals surface area (Å²) < 4.78 is 0. The molecule has 0 saturated carbocycles. The normalized spacial score (nSPS) is 13.2. The molecule has 3 rings (SSSR count). The number of aromatic nitrogens is 2. The van der Waals surface area contributed by atoms with Gasteiger partial charge in [0.15, 0.2) is 0 Å². The topological polar surface area (TPSA) is 78.4 Å². The monoisotopic (exact) mass is 325 g/mol. The first-order valence-electron chi connectivity index (χ1n) is 7.78. The molecule has 0 unspecified atom stereocenters. The molecule has 0 saturated heterocycles. The van der Waals surface area contributed by atoms with Gasteiger partial charge in [-0.05, 0) is 30.7 Å². The van der Waals surface area contributed by atoms with Gasteiger partial charge < -0.3 is 15.1 Å². The van der Waals surface area contributed by atoms with Gasteiger partial charge in [0, 0.05) is 38.7 Å². The van der Waals surface area contributed by atoms with Crippen LogP contribution in [0.1, 0.15) is 22.8 Å². The quantitative estimate of drug-likeness (QED) is 0.922. The van der Waals surface area contributed by atoms with Crippen molar-refractivity contribution in [2.75, 3.05) is 30.4 Å². The van der Waals surface area contributed by atoms with Gasteiger partial charge in [-0.2, -0.15) is 0 Å². The van der Waals surface area contributed by atoms with E-state index in [4.69, 9.17) is 0 Å². The number of carbonyl (C=O) groups is 2. The average Bonchev–Trinajstić information content (AvgIpc) is 2.63. The molecule has 2 aromatic rings. The highest BCUT2D eigenvalue weighted by atomic mass is 16.2. The van der Waals surface area contributed by atoms with Crippen LogP contribution in [0.4, 0.5) is 11.5 Å². The predicted molar refractivity (Wildman–Crippen MR) is 90.8 cm³/mol. The summed E-state index contributed by atoms with van der Waals surface area (Å²) in [5, 5.41) is 2.96. The molecule has 124 valence electrons. The van der Waals surface area contributed by atoms with Gasteiger partial charge in [-0.15, -0.1) is 0 Å². The lowest BCUT2D eigenvalue weighted by molar-refractivity contribution is -0.116. The fourth-order valence-electron chi connectivity index (χ4n) is 2.59. The minimum absolute atomic E-state index is 0.0574. The molecule has 0 aromatic carbocycles. The third kappa shape index (κ3) is 3.05. The van der Waals surface area contributed by atoms with Crippen molar-refractivity contribution in [3.8, 4) is 0 Å². The van der Waals surface area contributed by atoms with Gasteiger partial charge in [0.2, 0.25) is 5.91 Å². The summed E-state index contributed by atoms with van der Waals surface area (Å²) in [7, 11) is 1.69. The largest absolute Gasteiger partial charge is 0.359 e. The number of likely N-dealkylation sites (N-methyl/N-ethyl adjacent to an activating group) is 1. The van der Waals surface area contributed by atoms with Crippen molar-refractivity contribution < 1.29 is 9.59 Å². The Morgan fingerprint density at radius 1 is 1.38 bits per heavy atom. The fraction of sp³-hybridized carbons (Fsp3) is 0.294. The van der Waals surface area contributed by atoms with Crippen molar-refractivity contribution in [2.45, 2.75) is 13.5 Å². The lowest BCUT2D eigenvalue weighted by Gasteiger charge is -2.27. The van der Waals surface area contributed by atoms with E-state index in [1.54, 1.807) is 36.6 Å². The zero-order valence-electron chi connectivity index (χ0n) is 13.7. The van der Waals surface area contributed by atoms with Gasteiger partial charge in [0.1, 0.15) is 5.82 Å². The zero-order chi connectivity index (χ0) is 17.1. The van der Waals surface area contributed by atoms with Crippen LogP contribution in [0.25, 0.3) is 0 Å². The standard InChI is InChI=1S/C17H19N5O2/c1-3-22(11-12-4-6-18-7-5-12)17(24)13-8-14-16(19-9-13)20-10-15(23)21(14)2/h4-9H,3,10-11H2,1-2H3,(H,19,20). The van der Waals surface area contributed by atoms with Crippen LogP contribution in [0.2, 0.25) is 0 Å². The molecule has 2 amide bonds. The molecular weight excluding hydrogens is 306 g/mol. The molecule has 2 aromatic heterocycles. The van der Waals surface area contributed by atoms with Crippen molar-refractivity contribution in [2.24, 2.45) is 0 Å². The molecule has 0 aliphatic carbocycles. The lowest BCUT2D eigenvalue weighted by Crippen LogP contribution is -2.37. The second-order valence-corrected chi connectivity index (χ2v) is 5.57. The summed E-state index contributed by atoms with van der Waals surface area (Å²) >= 11 is 0.